The molecule has 0 radical (unpaired) electrons. The zero-order valence-corrected chi connectivity index (χ0v) is 5.65. The minimum absolute atomic E-state index is 0.111. The number of hydrogen-bond acceptors (Lipinski definition) is 2. The molecule has 8 heavy (non-hydrogen) atoms. The highest BCUT2D eigenvalue weighted by Crippen LogP contribution is 2.03. The van der Waals surface area contributed by atoms with Crippen molar-refractivity contribution in [2.75, 3.05) is 0 Å². The third kappa shape index (κ3) is 2.31. The fraction of sp³-hybridized carbons (Fsp3) is 0.600. The largest absolute Gasteiger partial charge is 0.326 e. The molecule has 3 heteroatoms. The molecule has 0 aromatic carbocycles. The van der Waals surface area contributed by atoms with Crippen LogP contribution in [0.3, 0.4) is 0 Å². The van der Waals surface area contributed by atoms with E-state index in [1.165, 1.54) is 0 Å². The van der Waals surface area contributed by atoms with Crippen molar-refractivity contribution in [3.05, 3.63) is 11.6 Å². The molecule has 0 aliphatic rings. The van der Waals surface area contributed by atoms with Crippen molar-refractivity contribution >= 4 is 11.6 Å². The van der Waals surface area contributed by atoms with Crippen LogP contribution in [0.2, 0.25) is 0 Å². The molecule has 0 aliphatic carbocycles. The summed E-state index contributed by atoms with van der Waals surface area (Å²) in [5, 5.41) is 0.417. The van der Waals surface area contributed by atoms with E-state index < -0.39 is 0 Å². The van der Waals surface area contributed by atoms with E-state index in [9.17, 15) is 0 Å². The van der Waals surface area contributed by atoms with E-state index in [-0.39, 0.29) is 12.1 Å². The quantitative estimate of drug-likeness (QED) is 0.575. The molecular weight excluding hydrogens is 124 g/mol. The highest BCUT2D eigenvalue weighted by Gasteiger charge is 2.08. The normalized spacial score (nSPS) is 17.5. The van der Waals surface area contributed by atoms with Crippen LogP contribution in [-0.2, 0) is 0 Å². The Balaban J connectivity index is 3.64. The van der Waals surface area contributed by atoms with Crippen LogP contribution < -0.4 is 11.5 Å². The van der Waals surface area contributed by atoms with Gasteiger partial charge in [-0.2, -0.15) is 0 Å². The van der Waals surface area contributed by atoms with Crippen LogP contribution >= 0.6 is 11.6 Å². The second-order valence-corrected chi connectivity index (χ2v) is 2.32. The average molecular weight is 135 g/mol. The van der Waals surface area contributed by atoms with Gasteiger partial charge in [-0.3, -0.25) is 0 Å². The summed E-state index contributed by atoms with van der Waals surface area (Å²) < 4.78 is 0. The third-order valence-electron chi connectivity index (χ3n) is 0.928. The second kappa shape index (κ2) is 3.07. The summed E-state index contributed by atoms with van der Waals surface area (Å²) in [6.45, 7) is 5.23. The summed E-state index contributed by atoms with van der Waals surface area (Å²) in [5.41, 5.74) is 10.8. The number of rotatable bonds is 2. The molecule has 4 N–H and O–H groups in total. The molecule has 0 aromatic rings. The molecule has 0 amide bonds. The molecular formula is C5H11ClN2. The monoisotopic (exact) mass is 134 g/mol. The lowest BCUT2D eigenvalue weighted by atomic mass is 10.2. The molecule has 0 aliphatic heterocycles. The van der Waals surface area contributed by atoms with Crippen molar-refractivity contribution in [2.45, 2.75) is 19.0 Å². The Hall–Kier alpha value is -0.0500. The summed E-state index contributed by atoms with van der Waals surface area (Å²) in [4.78, 5) is 0. The number of halogens is 1. The summed E-state index contributed by atoms with van der Waals surface area (Å²) in [5.74, 6) is 0. The Labute approximate surface area is 54.5 Å². The maximum Gasteiger partial charge on any atom is 0.0548 e. The molecule has 2 nitrogen and oxygen atoms in total. The molecule has 2 atom stereocenters. The van der Waals surface area contributed by atoms with Gasteiger partial charge in [0.25, 0.3) is 0 Å². The van der Waals surface area contributed by atoms with Crippen LogP contribution in [0.1, 0.15) is 6.92 Å². The van der Waals surface area contributed by atoms with E-state index >= 15 is 0 Å². The van der Waals surface area contributed by atoms with Crippen molar-refractivity contribution in [1.82, 2.24) is 0 Å². The Kier molecular flexibility index (Phi) is 3.05. The molecule has 0 rings (SSSR count). The van der Waals surface area contributed by atoms with E-state index in [4.69, 9.17) is 23.1 Å². The Morgan fingerprint density at radius 2 is 2.00 bits per heavy atom. The molecule has 0 saturated carbocycles. The summed E-state index contributed by atoms with van der Waals surface area (Å²) in [6, 6.07) is -0.392. The lowest BCUT2D eigenvalue weighted by Crippen LogP contribution is -2.38. The van der Waals surface area contributed by atoms with Gasteiger partial charge in [0.05, 0.1) is 6.04 Å². The van der Waals surface area contributed by atoms with Crippen molar-refractivity contribution < 1.29 is 0 Å². The Morgan fingerprint density at radius 3 is 2.00 bits per heavy atom. The topological polar surface area (TPSA) is 52.0 Å². The maximum absolute atomic E-state index is 5.42. The van der Waals surface area contributed by atoms with Crippen molar-refractivity contribution in [3.8, 4) is 0 Å². The van der Waals surface area contributed by atoms with E-state index in [1.54, 1.807) is 6.92 Å². The number of hydrogen-bond donors (Lipinski definition) is 2. The van der Waals surface area contributed by atoms with Crippen LogP contribution in [0, 0.1) is 0 Å². The third-order valence-corrected chi connectivity index (χ3v) is 1.18. The minimum Gasteiger partial charge on any atom is -0.326 e. The van der Waals surface area contributed by atoms with Gasteiger partial charge in [0.2, 0.25) is 0 Å². The van der Waals surface area contributed by atoms with Gasteiger partial charge in [-0.15, -0.1) is 0 Å². The first-order valence-electron chi connectivity index (χ1n) is 2.41. The highest BCUT2D eigenvalue weighted by atomic mass is 35.5. The first kappa shape index (κ1) is 7.95. The maximum atomic E-state index is 5.42. The first-order chi connectivity index (χ1) is 3.55. The first-order valence-corrected chi connectivity index (χ1v) is 2.79. The number of nitrogens with two attached hydrogens (primary N) is 2. The Bertz CT molecular complexity index is 90.4. The van der Waals surface area contributed by atoms with E-state index in [1.807, 2.05) is 0 Å². The predicted molar refractivity (Wildman–Crippen MR) is 36.6 cm³/mol. The fourth-order valence-electron chi connectivity index (χ4n) is 0.285. The predicted octanol–water partition coefficient (Wildman–Crippen LogP) is 0.413. The second-order valence-electron chi connectivity index (χ2n) is 1.83. The molecule has 0 spiro atoms. The summed E-state index contributed by atoms with van der Waals surface area (Å²) in [7, 11) is 0. The van der Waals surface area contributed by atoms with Gasteiger partial charge in [-0.05, 0) is 6.92 Å². The Morgan fingerprint density at radius 1 is 1.62 bits per heavy atom. The van der Waals surface area contributed by atoms with Gasteiger partial charge in [0.15, 0.2) is 0 Å². The van der Waals surface area contributed by atoms with Crippen LogP contribution in [0.5, 0.6) is 0 Å². The van der Waals surface area contributed by atoms with Crippen molar-refractivity contribution in [3.63, 3.8) is 0 Å². The van der Waals surface area contributed by atoms with Gasteiger partial charge in [-0.25, -0.2) is 0 Å². The lowest BCUT2D eigenvalue weighted by molar-refractivity contribution is 0.644. The van der Waals surface area contributed by atoms with Crippen LogP contribution in [-0.4, -0.2) is 12.1 Å². The minimum atomic E-state index is -0.281. The van der Waals surface area contributed by atoms with Crippen molar-refractivity contribution in [1.29, 1.82) is 0 Å². The van der Waals surface area contributed by atoms with E-state index in [2.05, 4.69) is 6.58 Å². The summed E-state index contributed by atoms with van der Waals surface area (Å²) in [6.07, 6.45) is 0. The zero-order chi connectivity index (χ0) is 6.73. The van der Waals surface area contributed by atoms with Crippen LogP contribution in [0.25, 0.3) is 0 Å². The van der Waals surface area contributed by atoms with Gasteiger partial charge in [0, 0.05) is 11.1 Å². The SMILES string of the molecule is C=C(Cl)C(N)C(C)N. The van der Waals surface area contributed by atoms with Gasteiger partial charge in [-0.1, -0.05) is 18.2 Å². The van der Waals surface area contributed by atoms with Crippen LogP contribution in [0.4, 0.5) is 0 Å². The zero-order valence-electron chi connectivity index (χ0n) is 4.89. The van der Waals surface area contributed by atoms with Gasteiger partial charge in [0.1, 0.15) is 0 Å². The van der Waals surface area contributed by atoms with E-state index in [0.29, 0.717) is 5.03 Å². The standard InChI is InChI=1S/C5H11ClN2/c1-3(6)5(8)4(2)7/h4-5H,1,7-8H2,2H3. The smallest absolute Gasteiger partial charge is 0.0548 e. The molecule has 0 bridgehead atoms. The summed E-state index contributed by atoms with van der Waals surface area (Å²) >= 11 is 5.42. The van der Waals surface area contributed by atoms with Gasteiger partial charge < -0.3 is 11.5 Å². The molecule has 0 saturated heterocycles. The van der Waals surface area contributed by atoms with Crippen molar-refractivity contribution in [2.24, 2.45) is 11.5 Å². The molecule has 0 heterocycles. The molecule has 48 valence electrons. The van der Waals surface area contributed by atoms with Crippen LogP contribution in [0.15, 0.2) is 11.6 Å². The lowest BCUT2D eigenvalue weighted by Gasteiger charge is -2.12. The molecule has 2 unspecified atom stereocenters. The van der Waals surface area contributed by atoms with E-state index in [0.717, 1.165) is 0 Å². The molecule has 0 aromatic heterocycles. The average Bonchev–Trinajstić information content (AvgIpc) is 1.64. The highest BCUT2D eigenvalue weighted by molar-refractivity contribution is 6.29. The fourth-order valence-corrected chi connectivity index (χ4v) is 0.484. The van der Waals surface area contributed by atoms with Gasteiger partial charge >= 0.3 is 0 Å². The molecule has 0 fully saturated rings.